The fourth-order valence-electron chi connectivity index (χ4n) is 4.29. The lowest BCUT2D eigenvalue weighted by Crippen LogP contribution is -2.23. The second-order valence-corrected chi connectivity index (χ2v) is 10.3. The molecule has 0 spiro atoms. The molecule has 0 aliphatic carbocycles. The van der Waals surface area contributed by atoms with Crippen LogP contribution >= 0.6 is 0 Å². The molecule has 1 N–H and O–H groups in total. The summed E-state index contributed by atoms with van der Waals surface area (Å²) in [6.07, 6.45) is 0. The number of hydrogen-bond donors (Lipinski definition) is 1. The van der Waals surface area contributed by atoms with Crippen LogP contribution in [0.25, 0.3) is 16.5 Å². The number of anilines is 1. The monoisotopic (exact) mass is 521 g/mol. The molecule has 2 heterocycles. The van der Waals surface area contributed by atoms with Crippen molar-refractivity contribution in [1.29, 1.82) is 0 Å². The van der Waals surface area contributed by atoms with Gasteiger partial charge in [0.05, 0.1) is 30.7 Å². The molecule has 0 unspecified atom stereocenters. The highest BCUT2D eigenvalue weighted by Gasteiger charge is 2.25. The van der Waals surface area contributed by atoms with Gasteiger partial charge < -0.3 is 10.2 Å². The molecular formula is C26H24FN5O4S. The number of carbonyl (C=O) groups excluding carboxylic acids is 1. The Labute approximate surface area is 213 Å². The van der Waals surface area contributed by atoms with Crippen molar-refractivity contribution in [3.8, 4) is 5.69 Å². The van der Waals surface area contributed by atoms with Gasteiger partial charge in [0.2, 0.25) is 0 Å². The molecule has 5 rings (SSSR count). The summed E-state index contributed by atoms with van der Waals surface area (Å²) < 4.78 is 46.6. The maximum atomic E-state index is 15.0. The smallest absolute Gasteiger partial charge is 0.298 e. The van der Waals surface area contributed by atoms with Crippen LogP contribution in [0.3, 0.4) is 0 Å². The SMILES string of the molecule is COS(=O)(=O)c1cc2ccccc2cc1-n1nc(C)cc1C(=O)Nc1ccc(C2=NCCN2C)cc1F. The summed E-state index contributed by atoms with van der Waals surface area (Å²) in [7, 11) is -1.20. The first-order valence-electron chi connectivity index (χ1n) is 11.5. The quantitative estimate of drug-likeness (QED) is 0.388. The molecule has 11 heteroatoms. The van der Waals surface area contributed by atoms with Crippen LogP contribution in [0.4, 0.5) is 10.1 Å². The Balaban J connectivity index is 1.55. The predicted octanol–water partition coefficient (Wildman–Crippen LogP) is 3.75. The number of aryl methyl sites for hydroxylation is 1. The highest BCUT2D eigenvalue weighted by atomic mass is 32.2. The van der Waals surface area contributed by atoms with Crippen LogP contribution < -0.4 is 5.32 Å². The summed E-state index contributed by atoms with van der Waals surface area (Å²) in [5.74, 6) is -0.588. The number of halogens is 1. The van der Waals surface area contributed by atoms with Gasteiger partial charge in [-0.1, -0.05) is 24.3 Å². The van der Waals surface area contributed by atoms with Crippen molar-refractivity contribution in [2.45, 2.75) is 11.8 Å². The molecule has 0 saturated carbocycles. The van der Waals surface area contributed by atoms with Crippen LogP contribution in [0.1, 0.15) is 21.7 Å². The zero-order valence-corrected chi connectivity index (χ0v) is 21.2. The van der Waals surface area contributed by atoms with Gasteiger partial charge in [-0.15, -0.1) is 0 Å². The Hall–Kier alpha value is -4.09. The van der Waals surface area contributed by atoms with E-state index in [1.54, 1.807) is 31.2 Å². The number of likely N-dealkylation sites (N-methyl/N-ethyl adjacent to an activating group) is 1. The van der Waals surface area contributed by atoms with E-state index >= 15 is 0 Å². The fourth-order valence-corrected chi connectivity index (χ4v) is 5.15. The van der Waals surface area contributed by atoms with E-state index in [2.05, 4.69) is 15.4 Å². The number of hydrogen-bond acceptors (Lipinski definition) is 7. The summed E-state index contributed by atoms with van der Waals surface area (Å²) in [6.45, 7) is 3.08. The first-order valence-corrected chi connectivity index (χ1v) is 12.9. The fraction of sp³-hybridized carbons (Fsp3) is 0.192. The number of rotatable bonds is 6. The van der Waals surface area contributed by atoms with E-state index in [4.69, 9.17) is 4.18 Å². The maximum absolute atomic E-state index is 15.0. The summed E-state index contributed by atoms with van der Waals surface area (Å²) in [5, 5.41) is 8.38. The van der Waals surface area contributed by atoms with Gasteiger partial charge in [-0.25, -0.2) is 9.07 Å². The van der Waals surface area contributed by atoms with Crippen LogP contribution in [0.5, 0.6) is 0 Å². The van der Waals surface area contributed by atoms with Gasteiger partial charge in [0.1, 0.15) is 22.2 Å². The second-order valence-electron chi connectivity index (χ2n) is 8.65. The van der Waals surface area contributed by atoms with Crippen molar-refractivity contribution in [2.24, 2.45) is 4.99 Å². The maximum Gasteiger partial charge on any atom is 0.298 e. The van der Waals surface area contributed by atoms with E-state index < -0.39 is 21.8 Å². The highest BCUT2D eigenvalue weighted by Crippen LogP contribution is 2.29. The number of nitrogens with zero attached hydrogens (tertiary/aromatic N) is 4. The van der Waals surface area contributed by atoms with Crippen LogP contribution in [0.2, 0.25) is 0 Å². The lowest BCUT2D eigenvalue weighted by molar-refractivity contribution is 0.101. The molecule has 190 valence electrons. The topological polar surface area (TPSA) is 106 Å². The van der Waals surface area contributed by atoms with Crippen molar-refractivity contribution in [1.82, 2.24) is 14.7 Å². The minimum absolute atomic E-state index is 0.0244. The number of amides is 1. The van der Waals surface area contributed by atoms with Gasteiger partial charge in [-0.3, -0.25) is 14.0 Å². The standard InChI is InChI=1S/C26H24FN5O4S/c1-16-12-23(26(33)29-21-9-8-19(13-20(21)27)25-28-10-11-31(25)2)32(30-16)22-14-17-6-4-5-7-18(17)15-24(22)37(34,35)36-3/h4-9,12-15H,10-11H2,1-3H3,(H,29,33). The first kappa shape index (κ1) is 24.6. The average Bonchev–Trinajstić information content (AvgIpc) is 3.49. The number of nitrogens with one attached hydrogen (secondary N) is 1. The Morgan fingerprint density at radius 1 is 1.08 bits per heavy atom. The van der Waals surface area contributed by atoms with Crippen LogP contribution in [-0.2, 0) is 14.3 Å². The van der Waals surface area contributed by atoms with Crippen LogP contribution in [-0.4, -0.2) is 62.1 Å². The van der Waals surface area contributed by atoms with Gasteiger partial charge >= 0.3 is 0 Å². The predicted molar refractivity (Wildman–Crippen MR) is 138 cm³/mol. The minimum Gasteiger partial charge on any atom is -0.358 e. The van der Waals surface area contributed by atoms with Crippen molar-refractivity contribution in [3.63, 3.8) is 0 Å². The molecule has 1 amide bonds. The van der Waals surface area contributed by atoms with E-state index in [0.29, 0.717) is 29.0 Å². The molecule has 1 aromatic heterocycles. The molecule has 1 aliphatic heterocycles. The van der Waals surface area contributed by atoms with Gasteiger partial charge in [-0.05, 0) is 54.1 Å². The van der Waals surface area contributed by atoms with E-state index in [-0.39, 0.29) is 22.0 Å². The second kappa shape index (κ2) is 9.41. The van der Waals surface area contributed by atoms with Crippen molar-refractivity contribution < 1.29 is 21.8 Å². The van der Waals surface area contributed by atoms with E-state index in [9.17, 15) is 17.6 Å². The molecular weight excluding hydrogens is 497 g/mol. The number of fused-ring (bicyclic) bond motifs is 1. The average molecular weight is 522 g/mol. The van der Waals surface area contributed by atoms with Gasteiger partial charge in [0.25, 0.3) is 16.0 Å². The molecule has 0 atom stereocenters. The van der Waals surface area contributed by atoms with Crippen molar-refractivity contribution >= 4 is 38.3 Å². The number of amidine groups is 1. The first-order chi connectivity index (χ1) is 17.7. The third-order valence-electron chi connectivity index (χ3n) is 6.14. The van der Waals surface area contributed by atoms with Crippen LogP contribution in [0, 0.1) is 12.7 Å². The normalized spacial score (nSPS) is 13.7. The summed E-state index contributed by atoms with van der Waals surface area (Å²) >= 11 is 0. The Morgan fingerprint density at radius 3 is 2.46 bits per heavy atom. The zero-order chi connectivity index (χ0) is 26.3. The minimum atomic E-state index is -4.15. The van der Waals surface area contributed by atoms with Crippen molar-refractivity contribution in [2.75, 3.05) is 32.6 Å². The van der Waals surface area contributed by atoms with E-state index in [1.165, 1.54) is 28.9 Å². The zero-order valence-electron chi connectivity index (χ0n) is 20.4. The third kappa shape index (κ3) is 4.58. The molecule has 4 aromatic rings. The Kier molecular flexibility index (Phi) is 6.26. The molecule has 0 radical (unpaired) electrons. The molecule has 9 nitrogen and oxygen atoms in total. The number of aromatic nitrogens is 2. The summed E-state index contributed by atoms with van der Waals surface area (Å²) in [5.41, 5.74) is 1.23. The Morgan fingerprint density at radius 2 is 1.81 bits per heavy atom. The van der Waals surface area contributed by atoms with E-state index in [0.717, 1.165) is 19.0 Å². The summed E-state index contributed by atoms with van der Waals surface area (Å²) in [6, 6.07) is 16.3. The molecule has 3 aromatic carbocycles. The van der Waals surface area contributed by atoms with Gasteiger partial charge in [-0.2, -0.15) is 13.5 Å². The number of benzene rings is 3. The Bertz CT molecular complexity index is 1680. The van der Waals surface area contributed by atoms with Crippen molar-refractivity contribution in [3.05, 3.63) is 83.4 Å². The van der Waals surface area contributed by atoms with E-state index in [1.807, 2.05) is 24.1 Å². The highest BCUT2D eigenvalue weighted by molar-refractivity contribution is 7.86. The third-order valence-corrected chi connectivity index (χ3v) is 7.45. The molecule has 0 bridgehead atoms. The summed E-state index contributed by atoms with van der Waals surface area (Å²) in [4.78, 5) is 19.5. The van der Waals surface area contributed by atoms with Gasteiger partial charge in [0, 0.05) is 19.2 Å². The molecule has 1 aliphatic rings. The molecule has 37 heavy (non-hydrogen) atoms. The lowest BCUT2D eigenvalue weighted by atomic mass is 10.1. The largest absolute Gasteiger partial charge is 0.358 e. The van der Waals surface area contributed by atoms with Crippen LogP contribution in [0.15, 0.2) is 70.6 Å². The lowest BCUT2D eigenvalue weighted by Gasteiger charge is -2.15. The van der Waals surface area contributed by atoms with Gasteiger partial charge in [0.15, 0.2) is 0 Å². The molecule has 0 saturated heterocycles. The molecule has 0 fully saturated rings. The number of carbonyl (C=O) groups is 1. The number of aliphatic imine (C=N–C) groups is 1.